The van der Waals surface area contributed by atoms with Gasteiger partial charge in [-0.05, 0) is 24.6 Å². The van der Waals surface area contributed by atoms with Gasteiger partial charge in [0.2, 0.25) is 0 Å². The normalized spacial score (nSPS) is 15.1. The van der Waals surface area contributed by atoms with Crippen molar-refractivity contribution in [1.82, 2.24) is 0 Å². The summed E-state index contributed by atoms with van der Waals surface area (Å²) in [6.45, 7) is 1.15. The van der Waals surface area contributed by atoms with E-state index in [9.17, 15) is 23.1 Å². The molecule has 3 N–H and O–H groups in total. The molecular weight excluding hydrogens is 239 g/mol. The number of primary amides is 1. The van der Waals surface area contributed by atoms with E-state index in [1.807, 2.05) is 0 Å². The molecule has 0 aliphatic heterocycles. The Morgan fingerprint density at radius 3 is 2.12 bits per heavy atom. The summed E-state index contributed by atoms with van der Waals surface area (Å²) in [7, 11) is 0. The summed E-state index contributed by atoms with van der Waals surface area (Å²) >= 11 is 0. The highest BCUT2D eigenvalue weighted by molar-refractivity contribution is 5.84. The zero-order chi connectivity index (χ0) is 13.3. The first-order valence-corrected chi connectivity index (χ1v) is 4.51. The molecule has 1 aromatic rings. The van der Waals surface area contributed by atoms with Crippen LogP contribution in [0.4, 0.5) is 13.2 Å². The monoisotopic (exact) mass is 249 g/mol. The number of nitrogens with two attached hydrogens (primary N) is 1. The number of ether oxygens (including phenoxy) is 1. The van der Waals surface area contributed by atoms with Gasteiger partial charge in [-0.1, -0.05) is 12.1 Å². The molecule has 17 heavy (non-hydrogen) atoms. The summed E-state index contributed by atoms with van der Waals surface area (Å²) in [5.74, 6) is -1.44. The number of halogens is 3. The highest BCUT2D eigenvalue weighted by Crippen LogP contribution is 2.26. The third-order valence-electron chi connectivity index (χ3n) is 2.13. The Hall–Kier alpha value is -1.76. The van der Waals surface area contributed by atoms with Gasteiger partial charge in [-0.15, -0.1) is 13.2 Å². The first-order valence-electron chi connectivity index (χ1n) is 4.51. The van der Waals surface area contributed by atoms with Crippen molar-refractivity contribution < 1.29 is 27.8 Å². The molecule has 0 aromatic heterocycles. The van der Waals surface area contributed by atoms with Crippen LogP contribution in [0.1, 0.15) is 12.5 Å². The summed E-state index contributed by atoms with van der Waals surface area (Å²) in [4.78, 5) is 10.9. The fourth-order valence-electron chi connectivity index (χ4n) is 1.12. The molecule has 1 atom stereocenters. The van der Waals surface area contributed by atoms with Crippen LogP contribution in [0.25, 0.3) is 0 Å². The van der Waals surface area contributed by atoms with Crippen molar-refractivity contribution in [3.63, 3.8) is 0 Å². The van der Waals surface area contributed by atoms with E-state index in [1.54, 1.807) is 0 Å². The van der Waals surface area contributed by atoms with Crippen LogP contribution < -0.4 is 10.5 Å². The molecule has 0 saturated carbocycles. The molecule has 0 aliphatic rings. The van der Waals surface area contributed by atoms with E-state index in [1.165, 1.54) is 0 Å². The second-order valence-corrected chi connectivity index (χ2v) is 3.51. The van der Waals surface area contributed by atoms with Crippen LogP contribution in [0.3, 0.4) is 0 Å². The molecule has 1 rings (SSSR count). The number of aliphatic hydroxyl groups is 1. The largest absolute Gasteiger partial charge is 0.573 e. The van der Waals surface area contributed by atoms with Crippen molar-refractivity contribution in [2.75, 3.05) is 0 Å². The lowest BCUT2D eigenvalue weighted by molar-refractivity contribution is -0.274. The zero-order valence-electron chi connectivity index (χ0n) is 8.78. The van der Waals surface area contributed by atoms with E-state index >= 15 is 0 Å². The molecule has 4 nitrogen and oxygen atoms in total. The van der Waals surface area contributed by atoms with Crippen molar-refractivity contribution in [3.8, 4) is 5.75 Å². The van der Waals surface area contributed by atoms with Gasteiger partial charge in [0.25, 0.3) is 5.91 Å². The van der Waals surface area contributed by atoms with Gasteiger partial charge in [-0.25, -0.2) is 0 Å². The van der Waals surface area contributed by atoms with Crippen LogP contribution >= 0.6 is 0 Å². The quantitative estimate of drug-likeness (QED) is 0.847. The topological polar surface area (TPSA) is 72.5 Å². The van der Waals surface area contributed by atoms with Crippen molar-refractivity contribution in [2.24, 2.45) is 5.73 Å². The third kappa shape index (κ3) is 3.35. The minimum atomic E-state index is -4.78. The Balaban J connectivity index is 2.93. The molecule has 94 valence electrons. The Morgan fingerprint density at radius 2 is 1.76 bits per heavy atom. The number of hydrogen-bond donors (Lipinski definition) is 2. The lowest BCUT2D eigenvalue weighted by atomic mass is 9.95. The molecule has 1 unspecified atom stereocenters. The van der Waals surface area contributed by atoms with Crippen molar-refractivity contribution in [3.05, 3.63) is 29.8 Å². The van der Waals surface area contributed by atoms with Gasteiger partial charge in [0.1, 0.15) is 5.75 Å². The van der Waals surface area contributed by atoms with Gasteiger partial charge >= 0.3 is 6.36 Å². The smallest absolute Gasteiger partial charge is 0.406 e. The minimum Gasteiger partial charge on any atom is -0.406 e. The van der Waals surface area contributed by atoms with Crippen molar-refractivity contribution in [2.45, 2.75) is 18.9 Å². The molecule has 1 amide bonds. The first kappa shape index (κ1) is 13.3. The molecular formula is C10H10F3NO3. The number of hydrogen-bond acceptors (Lipinski definition) is 3. The van der Waals surface area contributed by atoms with Crippen molar-refractivity contribution in [1.29, 1.82) is 0 Å². The highest BCUT2D eigenvalue weighted by Gasteiger charge is 2.32. The summed E-state index contributed by atoms with van der Waals surface area (Å²) in [6, 6.07) is 4.23. The molecule has 0 radical (unpaired) electrons. The maximum atomic E-state index is 11.9. The summed E-state index contributed by atoms with van der Waals surface area (Å²) in [5.41, 5.74) is 3.09. The average Bonchev–Trinajstić information content (AvgIpc) is 2.15. The van der Waals surface area contributed by atoms with Gasteiger partial charge < -0.3 is 15.6 Å². The maximum Gasteiger partial charge on any atom is 0.573 e. The number of rotatable bonds is 3. The van der Waals surface area contributed by atoms with E-state index < -0.39 is 23.6 Å². The van der Waals surface area contributed by atoms with Crippen LogP contribution in [-0.4, -0.2) is 17.4 Å². The van der Waals surface area contributed by atoms with Gasteiger partial charge in [0, 0.05) is 0 Å². The Bertz CT molecular complexity index is 412. The van der Waals surface area contributed by atoms with E-state index in [0.717, 1.165) is 31.2 Å². The van der Waals surface area contributed by atoms with Crippen LogP contribution in [0, 0.1) is 0 Å². The van der Waals surface area contributed by atoms with Crippen molar-refractivity contribution >= 4 is 5.91 Å². The molecule has 0 spiro atoms. The molecule has 0 saturated heterocycles. The van der Waals surface area contributed by atoms with Crippen LogP contribution in [0.2, 0.25) is 0 Å². The van der Waals surface area contributed by atoms with Gasteiger partial charge in [0.15, 0.2) is 5.60 Å². The Labute approximate surface area is 94.8 Å². The van der Waals surface area contributed by atoms with Gasteiger partial charge in [-0.2, -0.15) is 0 Å². The highest BCUT2D eigenvalue weighted by atomic mass is 19.4. The SMILES string of the molecule is CC(O)(C(N)=O)c1ccc(OC(F)(F)F)cc1. The van der Waals surface area contributed by atoms with Crippen LogP contribution in [0.15, 0.2) is 24.3 Å². The molecule has 0 bridgehead atoms. The maximum absolute atomic E-state index is 11.9. The molecule has 0 heterocycles. The number of alkyl halides is 3. The fourth-order valence-corrected chi connectivity index (χ4v) is 1.12. The minimum absolute atomic E-state index is 0.0829. The van der Waals surface area contributed by atoms with Crippen LogP contribution in [0.5, 0.6) is 5.75 Å². The Kier molecular flexibility index (Phi) is 3.33. The number of carbonyl (C=O) groups is 1. The molecule has 0 aliphatic carbocycles. The molecule has 0 fully saturated rings. The fraction of sp³-hybridized carbons (Fsp3) is 0.300. The summed E-state index contributed by atoms with van der Waals surface area (Å²) in [5, 5.41) is 9.65. The van der Waals surface area contributed by atoms with Crippen LogP contribution in [-0.2, 0) is 10.4 Å². The third-order valence-corrected chi connectivity index (χ3v) is 2.13. The van der Waals surface area contributed by atoms with E-state index in [4.69, 9.17) is 5.73 Å². The standard InChI is InChI=1S/C10H10F3NO3/c1-9(16,8(14)15)6-2-4-7(5-3-6)17-10(11,12)13/h2-5,16H,1H3,(H2,14,15). The molecule has 7 heteroatoms. The zero-order valence-corrected chi connectivity index (χ0v) is 8.78. The van der Waals surface area contributed by atoms with Gasteiger partial charge in [0.05, 0.1) is 0 Å². The first-order chi connectivity index (χ1) is 7.63. The predicted molar refractivity (Wildman–Crippen MR) is 51.9 cm³/mol. The lowest BCUT2D eigenvalue weighted by Crippen LogP contribution is -2.38. The number of carbonyl (C=O) groups excluding carboxylic acids is 1. The predicted octanol–water partition coefficient (Wildman–Crippen LogP) is 1.28. The number of benzene rings is 1. The number of amides is 1. The van der Waals surface area contributed by atoms with E-state index in [0.29, 0.717) is 0 Å². The summed E-state index contributed by atoms with van der Waals surface area (Å²) < 4.78 is 39.2. The summed E-state index contributed by atoms with van der Waals surface area (Å²) in [6.07, 6.45) is -4.78. The van der Waals surface area contributed by atoms with E-state index in [-0.39, 0.29) is 5.56 Å². The molecule has 1 aromatic carbocycles. The van der Waals surface area contributed by atoms with E-state index in [2.05, 4.69) is 4.74 Å². The lowest BCUT2D eigenvalue weighted by Gasteiger charge is -2.19. The Morgan fingerprint density at radius 1 is 1.29 bits per heavy atom. The second-order valence-electron chi connectivity index (χ2n) is 3.51. The van der Waals surface area contributed by atoms with Gasteiger partial charge in [-0.3, -0.25) is 4.79 Å². The average molecular weight is 249 g/mol. The second kappa shape index (κ2) is 4.25.